The maximum atomic E-state index is 6.27. The van der Waals surface area contributed by atoms with E-state index in [-0.39, 0.29) is 0 Å². The number of rotatable bonds is 1. The van der Waals surface area contributed by atoms with Crippen molar-refractivity contribution in [3.8, 4) is 0 Å². The molecule has 28 valence electrons. The Kier molecular flexibility index (Phi) is 0.353. The zero-order valence-electron chi connectivity index (χ0n) is 2.81. The lowest BCUT2D eigenvalue weighted by molar-refractivity contribution is 0.540. The van der Waals surface area contributed by atoms with E-state index < -0.39 is 0 Å². The van der Waals surface area contributed by atoms with Gasteiger partial charge in [0.1, 0.15) is 0 Å². The normalized spacial score (nSPS) is 18.8. The Balaban J connectivity index is 2.21. The van der Waals surface area contributed by atoms with Gasteiger partial charge in [-0.05, 0) is 0 Å². The molecule has 0 saturated carbocycles. The van der Waals surface area contributed by atoms with Crippen LogP contribution in [0, 0.1) is 5.53 Å². The molecule has 0 bridgehead atoms. The maximum Gasteiger partial charge on any atom is 0.0571 e. The number of hydrogen-bond donors (Lipinski definition) is 1. The molecule has 0 aromatic heterocycles. The van der Waals surface area contributed by atoms with E-state index in [1.54, 1.807) is 5.01 Å². The molecule has 1 heterocycles. The van der Waals surface area contributed by atoms with Gasteiger partial charge in [0.15, 0.2) is 0 Å². The van der Waals surface area contributed by atoms with Gasteiger partial charge < -0.3 is 0 Å². The van der Waals surface area contributed by atoms with Crippen molar-refractivity contribution in [2.75, 3.05) is 13.1 Å². The summed E-state index contributed by atoms with van der Waals surface area (Å²) in [7, 11) is 0. The summed E-state index contributed by atoms with van der Waals surface area (Å²) in [5.41, 5.74) is 6.27. The SMILES string of the molecule is N=NN1CC1. The molecule has 0 radical (unpaired) electrons. The molecule has 1 N–H and O–H groups in total. The van der Waals surface area contributed by atoms with Gasteiger partial charge in [0.05, 0.1) is 13.1 Å². The van der Waals surface area contributed by atoms with E-state index >= 15 is 0 Å². The van der Waals surface area contributed by atoms with Crippen LogP contribution in [0.1, 0.15) is 0 Å². The van der Waals surface area contributed by atoms with Crippen LogP contribution in [0.25, 0.3) is 0 Å². The van der Waals surface area contributed by atoms with E-state index in [1.807, 2.05) is 0 Å². The maximum absolute atomic E-state index is 6.27. The molecule has 0 aromatic carbocycles. The van der Waals surface area contributed by atoms with Crippen LogP contribution < -0.4 is 0 Å². The summed E-state index contributed by atoms with van der Waals surface area (Å²) in [4.78, 5) is 0. The Hall–Kier alpha value is -0.600. The van der Waals surface area contributed by atoms with E-state index in [9.17, 15) is 0 Å². The quantitative estimate of drug-likeness (QED) is 0.349. The van der Waals surface area contributed by atoms with Crippen LogP contribution in [0.2, 0.25) is 0 Å². The molecular formula is C2H5N3. The Morgan fingerprint density at radius 1 is 1.60 bits per heavy atom. The van der Waals surface area contributed by atoms with Crippen LogP contribution in [0.5, 0.6) is 0 Å². The lowest BCUT2D eigenvalue weighted by Gasteiger charge is -1.74. The van der Waals surface area contributed by atoms with E-state index in [0.29, 0.717) is 0 Å². The van der Waals surface area contributed by atoms with Gasteiger partial charge in [-0.3, -0.25) is 5.01 Å². The van der Waals surface area contributed by atoms with Crippen LogP contribution in [-0.4, -0.2) is 18.1 Å². The van der Waals surface area contributed by atoms with Crippen molar-refractivity contribution < 1.29 is 0 Å². The first kappa shape index (κ1) is 2.63. The third kappa shape index (κ3) is 0.344. The van der Waals surface area contributed by atoms with E-state index in [0.717, 1.165) is 13.1 Å². The van der Waals surface area contributed by atoms with E-state index in [1.165, 1.54) is 0 Å². The fraction of sp³-hybridized carbons (Fsp3) is 1.00. The van der Waals surface area contributed by atoms with Crippen molar-refractivity contribution in [1.29, 1.82) is 5.53 Å². The summed E-state index contributed by atoms with van der Waals surface area (Å²) in [6.07, 6.45) is 0. The van der Waals surface area contributed by atoms with Gasteiger partial charge >= 0.3 is 0 Å². The van der Waals surface area contributed by atoms with Crippen molar-refractivity contribution >= 4 is 0 Å². The third-order valence-corrected chi connectivity index (χ3v) is 0.565. The molecule has 1 aliphatic heterocycles. The summed E-state index contributed by atoms with van der Waals surface area (Å²) >= 11 is 0. The molecule has 3 heteroatoms. The first-order valence-corrected chi connectivity index (χ1v) is 1.56. The Morgan fingerprint density at radius 2 is 2.20 bits per heavy atom. The molecule has 0 spiro atoms. The summed E-state index contributed by atoms with van der Waals surface area (Å²) in [5.74, 6) is 0. The largest absolute Gasteiger partial charge is 0.275 e. The molecule has 0 amide bonds. The van der Waals surface area contributed by atoms with Crippen molar-refractivity contribution in [3.63, 3.8) is 0 Å². The van der Waals surface area contributed by atoms with Gasteiger partial charge in [-0.15, -0.1) is 0 Å². The number of nitrogens with one attached hydrogen (secondary N) is 1. The number of nitrogens with zero attached hydrogens (tertiary/aromatic N) is 2. The van der Waals surface area contributed by atoms with Crippen LogP contribution in [0.15, 0.2) is 5.22 Å². The lowest BCUT2D eigenvalue weighted by Crippen LogP contribution is -1.72. The minimum atomic E-state index is 0.990. The number of hydrogen-bond acceptors (Lipinski definition) is 2. The van der Waals surface area contributed by atoms with Crippen molar-refractivity contribution in [2.24, 2.45) is 5.22 Å². The van der Waals surface area contributed by atoms with Gasteiger partial charge in [0.25, 0.3) is 0 Å². The van der Waals surface area contributed by atoms with Crippen molar-refractivity contribution in [1.82, 2.24) is 5.01 Å². The van der Waals surface area contributed by atoms with Crippen LogP contribution in [-0.2, 0) is 0 Å². The Labute approximate surface area is 30.1 Å². The molecule has 1 aliphatic rings. The molecular weight excluding hydrogens is 66.0 g/mol. The first-order valence-electron chi connectivity index (χ1n) is 1.56. The smallest absolute Gasteiger partial charge is 0.0571 e. The zero-order valence-corrected chi connectivity index (χ0v) is 2.81. The minimum Gasteiger partial charge on any atom is -0.275 e. The monoisotopic (exact) mass is 71.0 g/mol. The fourth-order valence-electron chi connectivity index (χ4n) is 0.145. The highest BCUT2D eigenvalue weighted by molar-refractivity contribution is 4.63. The van der Waals surface area contributed by atoms with Gasteiger partial charge in [-0.1, -0.05) is 5.22 Å². The van der Waals surface area contributed by atoms with Gasteiger partial charge in [0, 0.05) is 0 Å². The highest BCUT2D eigenvalue weighted by Gasteiger charge is 2.12. The molecule has 5 heavy (non-hydrogen) atoms. The second-order valence-electron chi connectivity index (χ2n) is 1.05. The van der Waals surface area contributed by atoms with Crippen molar-refractivity contribution in [3.05, 3.63) is 0 Å². The van der Waals surface area contributed by atoms with Crippen molar-refractivity contribution in [2.45, 2.75) is 0 Å². The summed E-state index contributed by atoms with van der Waals surface area (Å²) < 4.78 is 0. The highest BCUT2D eigenvalue weighted by atomic mass is 15.6. The standard InChI is InChI=1S/C2H5N3/c3-4-5-1-2-5/h3H,1-2H2. The first-order chi connectivity index (χ1) is 2.43. The second kappa shape index (κ2) is 0.672. The van der Waals surface area contributed by atoms with Crippen LogP contribution >= 0.6 is 0 Å². The van der Waals surface area contributed by atoms with Gasteiger partial charge in [0.2, 0.25) is 0 Å². The molecule has 1 fully saturated rings. The van der Waals surface area contributed by atoms with Gasteiger partial charge in [-0.2, -0.15) is 5.53 Å². The zero-order chi connectivity index (χ0) is 3.70. The lowest BCUT2D eigenvalue weighted by atomic mass is 11.0. The molecule has 1 rings (SSSR count). The van der Waals surface area contributed by atoms with E-state index in [2.05, 4.69) is 5.22 Å². The average Bonchev–Trinajstić information content (AvgIpc) is 2.12. The van der Waals surface area contributed by atoms with Crippen LogP contribution in [0.3, 0.4) is 0 Å². The minimum absolute atomic E-state index is 0.990. The van der Waals surface area contributed by atoms with E-state index in [4.69, 9.17) is 5.53 Å². The summed E-state index contributed by atoms with van der Waals surface area (Å²) in [6.45, 7) is 1.98. The molecule has 0 atom stereocenters. The predicted molar refractivity (Wildman–Crippen MR) is 16.7 cm³/mol. The predicted octanol–water partition coefficient (Wildman–Crippen LogP) is 0.248. The topological polar surface area (TPSA) is 39.2 Å². The Morgan fingerprint density at radius 3 is 2.20 bits per heavy atom. The molecule has 0 aromatic rings. The Bertz CT molecular complexity index is 46.9. The van der Waals surface area contributed by atoms with Crippen LogP contribution in [0.4, 0.5) is 0 Å². The highest BCUT2D eigenvalue weighted by Crippen LogP contribution is 2.00. The second-order valence-corrected chi connectivity index (χ2v) is 1.05. The van der Waals surface area contributed by atoms with Gasteiger partial charge in [-0.25, -0.2) is 0 Å². The fourth-order valence-corrected chi connectivity index (χ4v) is 0.145. The molecule has 1 saturated heterocycles. The summed E-state index contributed by atoms with van der Waals surface area (Å²) in [5, 5.41) is 4.75. The molecule has 0 aliphatic carbocycles. The third-order valence-electron chi connectivity index (χ3n) is 0.565. The summed E-state index contributed by atoms with van der Waals surface area (Å²) in [6, 6.07) is 0. The molecule has 3 nitrogen and oxygen atoms in total. The average molecular weight is 71.1 g/mol. The molecule has 0 unspecified atom stereocenters.